The van der Waals surface area contributed by atoms with Crippen LogP contribution in [-0.4, -0.2) is 77.0 Å². The Morgan fingerprint density at radius 3 is 2.73 bits per heavy atom. The quantitative estimate of drug-likeness (QED) is 0.608. The van der Waals surface area contributed by atoms with E-state index in [2.05, 4.69) is 44.3 Å². The Hall–Kier alpha value is -2.75. The number of aryl methyl sites for hydroxylation is 1. The number of piperidine rings is 1. The highest BCUT2D eigenvalue weighted by Gasteiger charge is 2.31. The fourth-order valence-corrected chi connectivity index (χ4v) is 5.11. The van der Waals surface area contributed by atoms with E-state index in [9.17, 15) is 5.11 Å². The van der Waals surface area contributed by atoms with Crippen molar-refractivity contribution in [2.45, 2.75) is 44.8 Å². The average molecular weight is 453 g/mol. The molecule has 2 aliphatic heterocycles. The third-order valence-corrected chi connectivity index (χ3v) is 6.95. The van der Waals surface area contributed by atoms with Gasteiger partial charge in [-0.15, -0.1) is 0 Å². The summed E-state index contributed by atoms with van der Waals surface area (Å²) in [5.74, 6) is 1.89. The summed E-state index contributed by atoms with van der Waals surface area (Å²) in [7, 11) is 1.56. The van der Waals surface area contributed by atoms with Crippen LogP contribution in [0.3, 0.4) is 0 Å². The number of nitrogens with zero attached hydrogens (tertiary/aromatic N) is 5. The summed E-state index contributed by atoms with van der Waals surface area (Å²) in [6, 6.07) is 6.50. The molecule has 2 atom stereocenters. The summed E-state index contributed by atoms with van der Waals surface area (Å²) in [6.07, 6.45) is 4.07. The third kappa shape index (κ3) is 4.16. The van der Waals surface area contributed by atoms with E-state index in [1.807, 2.05) is 23.9 Å². The highest BCUT2D eigenvalue weighted by atomic mass is 16.5. The SMILES string of the molecule is COc1nc(N2CCOC(C)C2CO)cc(-n2ncc3cc(C)c(C4CCNCC4)cc32)n1. The maximum absolute atomic E-state index is 9.98. The lowest BCUT2D eigenvalue weighted by Crippen LogP contribution is -2.52. The largest absolute Gasteiger partial charge is 0.467 e. The number of benzene rings is 1. The van der Waals surface area contributed by atoms with Crippen LogP contribution in [0.1, 0.15) is 36.8 Å². The van der Waals surface area contributed by atoms with Gasteiger partial charge in [0.05, 0.1) is 44.2 Å². The number of fused-ring (bicyclic) bond motifs is 1. The van der Waals surface area contributed by atoms with Crippen molar-refractivity contribution in [3.8, 4) is 11.8 Å². The van der Waals surface area contributed by atoms with Crippen LogP contribution in [0.5, 0.6) is 6.01 Å². The van der Waals surface area contributed by atoms with Gasteiger partial charge in [-0.05, 0) is 69.0 Å². The van der Waals surface area contributed by atoms with Crippen molar-refractivity contribution in [3.63, 3.8) is 0 Å². The number of aliphatic hydroxyl groups excluding tert-OH is 1. The molecule has 5 rings (SSSR count). The predicted molar refractivity (Wildman–Crippen MR) is 126 cm³/mol. The van der Waals surface area contributed by atoms with Gasteiger partial charge in [0.15, 0.2) is 5.82 Å². The van der Waals surface area contributed by atoms with Gasteiger partial charge in [0, 0.05) is 18.0 Å². The molecule has 9 nitrogen and oxygen atoms in total. The summed E-state index contributed by atoms with van der Waals surface area (Å²) in [5, 5.41) is 19.2. The van der Waals surface area contributed by atoms with Crippen molar-refractivity contribution in [1.82, 2.24) is 25.1 Å². The van der Waals surface area contributed by atoms with E-state index in [1.54, 1.807) is 7.11 Å². The Morgan fingerprint density at radius 2 is 1.97 bits per heavy atom. The van der Waals surface area contributed by atoms with Crippen molar-refractivity contribution in [2.75, 3.05) is 44.9 Å². The maximum Gasteiger partial charge on any atom is 0.320 e. The van der Waals surface area contributed by atoms with Crippen molar-refractivity contribution < 1.29 is 14.6 Å². The lowest BCUT2D eigenvalue weighted by atomic mass is 9.87. The smallest absolute Gasteiger partial charge is 0.320 e. The van der Waals surface area contributed by atoms with Crippen LogP contribution in [-0.2, 0) is 4.74 Å². The van der Waals surface area contributed by atoms with Gasteiger partial charge in [-0.2, -0.15) is 15.1 Å². The highest BCUT2D eigenvalue weighted by molar-refractivity contribution is 5.82. The van der Waals surface area contributed by atoms with Gasteiger partial charge in [0.25, 0.3) is 0 Å². The molecule has 2 aromatic heterocycles. The van der Waals surface area contributed by atoms with Crippen molar-refractivity contribution in [1.29, 1.82) is 0 Å². The van der Waals surface area contributed by atoms with E-state index < -0.39 is 0 Å². The van der Waals surface area contributed by atoms with Gasteiger partial charge in [0.2, 0.25) is 0 Å². The van der Waals surface area contributed by atoms with Crippen LogP contribution in [0, 0.1) is 6.92 Å². The Kier molecular flexibility index (Phi) is 6.18. The lowest BCUT2D eigenvalue weighted by molar-refractivity contribution is 0.00754. The minimum atomic E-state index is -0.185. The van der Waals surface area contributed by atoms with E-state index in [1.165, 1.54) is 11.1 Å². The fraction of sp³-hybridized carbons (Fsp3) is 0.542. The normalized spacial score (nSPS) is 22.1. The summed E-state index contributed by atoms with van der Waals surface area (Å²) < 4.78 is 13.0. The molecule has 2 fully saturated rings. The molecule has 1 aromatic carbocycles. The maximum atomic E-state index is 9.98. The van der Waals surface area contributed by atoms with Gasteiger partial charge in [-0.25, -0.2) is 4.68 Å². The first kappa shape index (κ1) is 22.1. The van der Waals surface area contributed by atoms with Crippen LogP contribution in [0.2, 0.25) is 0 Å². The Labute approximate surface area is 193 Å². The van der Waals surface area contributed by atoms with E-state index in [0.29, 0.717) is 30.7 Å². The Morgan fingerprint density at radius 1 is 1.18 bits per heavy atom. The van der Waals surface area contributed by atoms with E-state index in [4.69, 9.17) is 9.47 Å². The standard InChI is InChI=1S/C24H32N6O3/c1-15-10-18-13-26-30(20(18)11-19(15)17-4-6-25-7-5-17)23-12-22(27-24(28-23)32-3)29-8-9-33-16(2)21(29)14-31/h10-13,16-17,21,25,31H,4-9,14H2,1-3H3. The van der Waals surface area contributed by atoms with Gasteiger partial charge < -0.3 is 24.8 Å². The molecule has 0 saturated carbocycles. The third-order valence-electron chi connectivity index (χ3n) is 6.95. The molecule has 33 heavy (non-hydrogen) atoms. The zero-order valence-corrected chi connectivity index (χ0v) is 19.5. The first-order chi connectivity index (χ1) is 16.1. The monoisotopic (exact) mass is 452 g/mol. The zero-order chi connectivity index (χ0) is 22.9. The second-order valence-electron chi connectivity index (χ2n) is 8.94. The van der Waals surface area contributed by atoms with Crippen molar-refractivity contribution in [2.24, 2.45) is 0 Å². The first-order valence-corrected chi connectivity index (χ1v) is 11.7. The Balaban J connectivity index is 1.58. The highest BCUT2D eigenvalue weighted by Crippen LogP contribution is 2.32. The van der Waals surface area contributed by atoms with Crippen molar-refractivity contribution >= 4 is 16.7 Å². The van der Waals surface area contributed by atoms with E-state index in [-0.39, 0.29) is 24.8 Å². The number of hydrogen-bond acceptors (Lipinski definition) is 8. The summed E-state index contributed by atoms with van der Waals surface area (Å²) in [4.78, 5) is 11.3. The molecule has 176 valence electrons. The fourth-order valence-electron chi connectivity index (χ4n) is 5.11. The summed E-state index contributed by atoms with van der Waals surface area (Å²) >= 11 is 0. The van der Waals surface area contributed by atoms with E-state index >= 15 is 0 Å². The molecule has 0 aliphatic carbocycles. The minimum absolute atomic E-state index is 0.0214. The van der Waals surface area contributed by atoms with Crippen LogP contribution in [0.4, 0.5) is 5.82 Å². The minimum Gasteiger partial charge on any atom is -0.467 e. The van der Waals surface area contributed by atoms with Crippen LogP contribution in [0.15, 0.2) is 24.4 Å². The molecule has 2 N–H and O–H groups in total. The number of aromatic nitrogens is 4. The molecular weight excluding hydrogens is 420 g/mol. The number of hydrogen-bond donors (Lipinski definition) is 2. The molecule has 2 aliphatic rings. The number of nitrogens with one attached hydrogen (secondary N) is 1. The van der Waals surface area contributed by atoms with Gasteiger partial charge in [-0.3, -0.25) is 0 Å². The molecule has 3 aromatic rings. The molecule has 0 bridgehead atoms. The number of rotatable bonds is 5. The molecular formula is C24H32N6O3. The number of aliphatic hydroxyl groups is 1. The molecule has 4 heterocycles. The first-order valence-electron chi connectivity index (χ1n) is 11.7. The molecule has 9 heteroatoms. The molecule has 0 amide bonds. The lowest BCUT2D eigenvalue weighted by Gasteiger charge is -2.39. The van der Waals surface area contributed by atoms with Crippen LogP contribution < -0.4 is 15.0 Å². The van der Waals surface area contributed by atoms with Crippen LogP contribution >= 0.6 is 0 Å². The number of morpholine rings is 1. The molecule has 2 saturated heterocycles. The summed E-state index contributed by atoms with van der Waals surface area (Å²) in [6.45, 7) is 7.45. The average Bonchev–Trinajstić information content (AvgIpc) is 3.26. The molecule has 2 unspecified atom stereocenters. The second kappa shape index (κ2) is 9.24. The summed E-state index contributed by atoms with van der Waals surface area (Å²) in [5.41, 5.74) is 3.72. The molecule has 0 spiro atoms. The number of anilines is 1. The van der Waals surface area contributed by atoms with Crippen LogP contribution in [0.25, 0.3) is 16.7 Å². The topological polar surface area (TPSA) is 97.6 Å². The van der Waals surface area contributed by atoms with Gasteiger partial charge in [-0.1, -0.05) is 0 Å². The molecule has 0 radical (unpaired) electrons. The van der Waals surface area contributed by atoms with Gasteiger partial charge >= 0.3 is 6.01 Å². The number of methoxy groups -OCH3 is 1. The Bertz CT molecular complexity index is 1130. The zero-order valence-electron chi connectivity index (χ0n) is 19.5. The van der Waals surface area contributed by atoms with Crippen molar-refractivity contribution in [3.05, 3.63) is 35.5 Å². The van der Waals surface area contributed by atoms with Gasteiger partial charge in [0.1, 0.15) is 5.82 Å². The predicted octanol–water partition coefficient (Wildman–Crippen LogP) is 2.19. The van der Waals surface area contributed by atoms with E-state index in [0.717, 1.165) is 36.8 Å². The number of ether oxygens (including phenoxy) is 2. The second-order valence-corrected chi connectivity index (χ2v) is 8.94.